The molecule has 3 heteroatoms. The first-order valence-electron chi connectivity index (χ1n) is 3.50. The predicted molar refractivity (Wildman–Crippen MR) is 53.5 cm³/mol. The molecule has 0 aliphatic rings. The van der Waals surface area contributed by atoms with Crippen LogP contribution in [0.25, 0.3) is 0 Å². The summed E-state index contributed by atoms with van der Waals surface area (Å²) < 4.78 is 1.40. The van der Waals surface area contributed by atoms with Crippen LogP contribution in [-0.4, -0.2) is 25.3 Å². The van der Waals surface area contributed by atoms with E-state index in [-0.39, 0.29) is 0 Å². The van der Waals surface area contributed by atoms with Crippen molar-refractivity contribution in [2.24, 2.45) is 0 Å². The second kappa shape index (κ2) is 4.14. The summed E-state index contributed by atoms with van der Waals surface area (Å²) in [7, 11) is 4.19. The standard InChI is InChI=1S/C8H13NS2/c1-9(2)6-7-4-5-8(10-3)11-7/h4-5H,6H2,1-3H3. The molecule has 0 N–H and O–H groups in total. The van der Waals surface area contributed by atoms with E-state index in [0.29, 0.717) is 0 Å². The van der Waals surface area contributed by atoms with Gasteiger partial charge >= 0.3 is 0 Å². The van der Waals surface area contributed by atoms with Gasteiger partial charge < -0.3 is 4.90 Å². The highest BCUT2D eigenvalue weighted by Crippen LogP contribution is 2.25. The van der Waals surface area contributed by atoms with Crippen LogP contribution in [0.2, 0.25) is 0 Å². The van der Waals surface area contributed by atoms with E-state index in [4.69, 9.17) is 0 Å². The number of thioether (sulfide) groups is 1. The van der Waals surface area contributed by atoms with Crippen molar-refractivity contribution >= 4 is 23.1 Å². The van der Waals surface area contributed by atoms with E-state index in [1.54, 1.807) is 0 Å². The number of nitrogens with zero attached hydrogens (tertiary/aromatic N) is 1. The van der Waals surface area contributed by atoms with Gasteiger partial charge in [-0.05, 0) is 32.5 Å². The van der Waals surface area contributed by atoms with E-state index in [0.717, 1.165) is 6.54 Å². The average Bonchev–Trinajstić information content (AvgIpc) is 2.34. The molecule has 1 nitrogen and oxygen atoms in total. The Labute approximate surface area is 76.4 Å². The zero-order valence-corrected chi connectivity index (χ0v) is 8.76. The molecule has 0 atom stereocenters. The minimum Gasteiger partial charge on any atom is -0.304 e. The molecular weight excluding hydrogens is 174 g/mol. The van der Waals surface area contributed by atoms with Gasteiger partial charge in [-0.1, -0.05) is 0 Å². The Hall–Kier alpha value is 0.01000. The molecular formula is C8H13NS2. The average molecular weight is 187 g/mol. The van der Waals surface area contributed by atoms with Gasteiger partial charge in [-0.2, -0.15) is 0 Å². The molecule has 0 aliphatic carbocycles. The molecule has 1 heterocycles. The minimum absolute atomic E-state index is 1.06. The number of hydrogen-bond acceptors (Lipinski definition) is 3. The fourth-order valence-electron chi connectivity index (χ4n) is 0.865. The summed E-state index contributed by atoms with van der Waals surface area (Å²) in [6.45, 7) is 1.06. The van der Waals surface area contributed by atoms with Crippen LogP contribution in [0.3, 0.4) is 0 Å². The van der Waals surface area contributed by atoms with Gasteiger partial charge in [0.1, 0.15) is 0 Å². The van der Waals surface area contributed by atoms with Crippen LogP contribution < -0.4 is 0 Å². The Kier molecular flexibility index (Phi) is 3.43. The zero-order valence-electron chi connectivity index (χ0n) is 7.13. The molecule has 0 fully saturated rings. The molecule has 1 rings (SSSR count). The molecule has 0 aromatic carbocycles. The van der Waals surface area contributed by atoms with Crippen LogP contribution in [0, 0.1) is 0 Å². The predicted octanol–water partition coefficient (Wildman–Crippen LogP) is 2.53. The highest BCUT2D eigenvalue weighted by Gasteiger charge is 1.98. The normalized spacial score (nSPS) is 10.9. The molecule has 11 heavy (non-hydrogen) atoms. The van der Waals surface area contributed by atoms with Gasteiger partial charge in [-0.25, -0.2) is 0 Å². The van der Waals surface area contributed by atoms with E-state index in [1.165, 1.54) is 9.09 Å². The number of rotatable bonds is 3. The highest BCUT2D eigenvalue weighted by molar-refractivity contribution is 8.00. The second-order valence-electron chi connectivity index (χ2n) is 2.66. The summed E-state index contributed by atoms with van der Waals surface area (Å²) in [5.74, 6) is 0. The maximum atomic E-state index is 2.20. The van der Waals surface area contributed by atoms with Crippen LogP contribution in [-0.2, 0) is 6.54 Å². The molecule has 0 radical (unpaired) electrons. The van der Waals surface area contributed by atoms with Crippen LogP contribution in [0.5, 0.6) is 0 Å². The van der Waals surface area contributed by atoms with Gasteiger partial charge in [0, 0.05) is 11.4 Å². The summed E-state index contributed by atoms with van der Waals surface area (Å²) in [4.78, 5) is 3.63. The van der Waals surface area contributed by atoms with Crippen molar-refractivity contribution in [1.82, 2.24) is 4.90 Å². The van der Waals surface area contributed by atoms with Crippen molar-refractivity contribution in [3.8, 4) is 0 Å². The summed E-state index contributed by atoms with van der Waals surface area (Å²) in [6, 6.07) is 4.39. The third-order valence-electron chi connectivity index (χ3n) is 1.31. The lowest BCUT2D eigenvalue weighted by molar-refractivity contribution is 0.406. The smallest absolute Gasteiger partial charge is 0.0599 e. The van der Waals surface area contributed by atoms with Crippen LogP contribution in [0.15, 0.2) is 16.3 Å². The summed E-state index contributed by atoms with van der Waals surface area (Å²) >= 11 is 3.70. The lowest BCUT2D eigenvalue weighted by Gasteiger charge is -2.05. The number of thiophene rings is 1. The van der Waals surface area contributed by atoms with E-state index in [9.17, 15) is 0 Å². The fourth-order valence-corrected chi connectivity index (χ4v) is 2.58. The SMILES string of the molecule is CSc1ccc(CN(C)C)s1. The Bertz CT molecular complexity index is 218. The molecule has 0 bridgehead atoms. The molecule has 0 spiro atoms. The lowest BCUT2D eigenvalue weighted by atomic mass is 10.4. The molecule has 1 aromatic heterocycles. The van der Waals surface area contributed by atoms with Crippen molar-refractivity contribution in [1.29, 1.82) is 0 Å². The molecule has 1 aromatic rings. The monoisotopic (exact) mass is 187 g/mol. The summed E-state index contributed by atoms with van der Waals surface area (Å²) in [6.07, 6.45) is 2.12. The quantitative estimate of drug-likeness (QED) is 0.669. The van der Waals surface area contributed by atoms with Gasteiger partial charge in [-0.15, -0.1) is 23.1 Å². The second-order valence-corrected chi connectivity index (χ2v) is 4.94. The Morgan fingerprint density at radius 3 is 2.64 bits per heavy atom. The molecule has 0 saturated carbocycles. The summed E-state index contributed by atoms with van der Waals surface area (Å²) in [5.41, 5.74) is 0. The number of hydrogen-bond donors (Lipinski definition) is 0. The maximum Gasteiger partial charge on any atom is 0.0599 e. The molecule has 0 saturated heterocycles. The van der Waals surface area contributed by atoms with Crippen molar-refractivity contribution in [3.05, 3.63) is 17.0 Å². The summed E-state index contributed by atoms with van der Waals surface area (Å²) in [5, 5.41) is 0. The topological polar surface area (TPSA) is 3.24 Å². The Morgan fingerprint density at radius 1 is 1.45 bits per heavy atom. The first-order chi connectivity index (χ1) is 5.22. The van der Waals surface area contributed by atoms with Gasteiger partial charge in [0.15, 0.2) is 0 Å². The third-order valence-corrected chi connectivity index (χ3v) is 3.46. The van der Waals surface area contributed by atoms with Crippen molar-refractivity contribution < 1.29 is 0 Å². The van der Waals surface area contributed by atoms with Gasteiger partial charge in [0.2, 0.25) is 0 Å². The van der Waals surface area contributed by atoms with E-state index in [2.05, 4.69) is 37.4 Å². The van der Waals surface area contributed by atoms with E-state index in [1.807, 2.05) is 23.1 Å². The van der Waals surface area contributed by atoms with Crippen LogP contribution >= 0.6 is 23.1 Å². The van der Waals surface area contributed by atoms with Crippen LogP contribution in [0.4, 0.5) is 0 Å². The zero-order chi connectivity index (χ0) is 8.27. The highest BCUT2D eigenvalue weighted by atomic mass is 32.2. The molecule has 0 unspecified atom stereocenters. The van der Waals surface area contributed by atoms with Crippen molar-refractivity contribution in [2.75, 3.05) is 20.4 Å². The molecule has 0 aliphatic heterocycles. The first-order valence-corrected chi connectivity index (χ1v) is 5.54. The molecule has 62 valence electrons. The van der Waals surface area contributed by atoms with Crippen molar-refractivity contribution in [3.63, 3.8) is 0 Å². The van der Waals surface area contributed by atoms with Crippen LogP contribution in [0.1, 0.15) is 4.88 Å². The van der Waals surface area contributed by atoms with Gasteiger partial charge in [0.25, 0.3) is 0 Å². The van der Waals surface area contributed by atoms with E-state index >= 15 is 0 Å². The third kappa shape index (κ3) is 2.85. The Morgan fingerprint density at radius 2 is 2.18 bits per heavy atom. The van der Waals surface area contributed by atoms with Gasteiger partial charge in [-0.3, -0.25) is 0 Å². The maximum absolute atomic E-state index is 2.20. The van der Waals surface area contributed by atoms with Crippen molar-refractivity contribution in [2.45, 2.75) is 10.8 Å². The minimum atomic E-state index is 1.06. The van der Waals surface area contributed by atoms with E-state index < -0.39 is 0 Å². The van der Waals surface area contributed by atoms with Gasteiger partial charge in [0.05, 0.1) is 4.21 Å². The first kappa shape index (κ1) is 9.10. The largest absolute Gasteiger partial charge is 0.304 e. The lowest BCUT2D eigenvalue weighted by Crippen LogP contribution is -2.09. The molecule has 0 amide bonds. The fraction of sp³-hybridized carbons (Fsp3) is 0.500. The Balaban J connectivity index is 2.58.